The molecule has 0 radical (unpaired) electrons. The normalized spacial score (nSPS) is 22.4. The molecule has 4 rings (SSSR count). The van der Waals surface area contributed by atoms with Crippen LogP contribution in [0.1, 0.15) is 11.1 Å². The van der Waals surface area contributed by atoms with Gasteiger partial charge in [-0.1, -0.05) is 24.3 Å². The van der Waals surface area contributed by atoms with Crippen molar-refractivity contribution >= 4 is 11.4 Å². The maximum absolute atomic E-state index is 11.5. The van der Waals surface area contributed by atoms with Crippen molar-refractivity contribution in [3.8, 4) is 11.5 Å². The quantitative estimate of drug-likeness (QED) is 0.203. The number of nitro groups is 1. The number of oxazole rings is 1. The fraction of sp³-hybridized carbons (Fsp3) is 0.400. The van der Waals surface area contributed by atoms with Crippen LogP contribution in [0.15, 0.2) is 59.3 Å². The molecule has 0 aliphatic carbocycles. The second-order valence-electron chi connectivity index (χ2n) is 8.86. The molecule has 11 nitrogen and oxygen atoms in total. The van der Waals surface area contributed by atoms with E-state index in [2.05, 4.69) is 10.3 Å². The number of anilines is 1. The second-order valence-corrected chi connectivity index (χ2v) is 8.86. The molecule has 0 amide bonds. The number of piperidine rings is 1. The lowest BCUT2D eigenvalue weighted by atomic mass is 9.93. The van der Waals surface area contributed by atoms with Gasteiger partial charge in [-0.05, 0) is 36.1 Å². The Morgan fingerprint density at radius 1 is 1.08 bits per heavy atom. The first-order valence-corrected chi connectivity index (χ1v) is 11.8. The average Bonchev–Trinajstić information content (AvgIpc) is 3.42. The molecule has 1 fully saturated rings. The topological polar surface area (TPSA) is 165 Å². The highest BCUT2D eigenvalue weighted by Gasteiger charge is 2.40. The van der Waals surface area contributed by atoms with Crippen LogP contribution in [0.2, 0.25) is 0 Å². The molecule has 1 saturated heterocycles. The Morgan fingerprint density at radius 3 is 2.44 bits per heavy atom. The molecule has 11 heteroatoms. The van der Waals surface area contributed by atoms with Gasteiger partial charge in [-0.2, -0.15) is 0 Å². The fourth-order valence-electron chi connectivity index (χ4n) is 4.45. The summed E-state index contributed by atoms with van der Waals surface area (Å²) in [5.41, 5.74) is 3.01. The van der Waals surface area contributed by atoms with Gasteiger partial charge in [0.2, 0.25) is 5.89 Å². The Kier molecular flexibility index (Phi) is 8.28. The molecule has 2 aromatic carbocycles. The van der Waals surface area contributed by atoms with E-state index in [-0.39, 0.29) is 18.8 Å². The number of nitrogens with one attached hydrogen (secondary N) is 1. The highest BCUT2D eigenvalue weighted by Crippen LogP contribution is 2.30. The summed E-state index contributed by atoms with van der Waals surface area (Å²) in [6.45, 7) is 0.888. The number of aliphatic hydroxyl groups excluding tert-OH is 4. The van der Waals surface area contributed by atoms with Gasteiger partial charge in [-0.15, -0.1) is 0 Å². The lowest BCUT2D eigenvalue weighted by molar-refractivity contribution is -0.383. The molecular weight excluding hydrogens is 468 g/mol. The standard InChI is InChI=1S/C25H30N4O7/c30-15-21-23(32)24(33)22(31)14-28(21)11-8-17-3-1-16(2-4-17)7-9-26-19-6-5-18(13-20(19)29(34)35)25-27-10-12-36-25/h1-6,10,12-13,21-24,26,30-33H,7-9,11,14-15H2/t21-,22+,23-,24-/m1/s1. The van der Waals surface area contributed by atoms with Crippen LogP contribution < -0.4 is 5.32 Å². The van der Waals surface area contributed by atoms with Gasteiger partial charge >= 0.3 is 0 Å². The van der Waals surface area contributed by atoms with Gasteiger partial charge < -0.3 is 30.2 Å². The largest absolute Gasteiger partial charge is 0.445 e. The number of β-amino-alcohol motifs (C(OH)–C–C–N with tert-alkyl or cyclic N) is 1. The molecule has 1 aromatic heterocycles. The molecule has 2 heterocycles. The van der Waals surface area contributed by atoms with Crippen molar-refractivity contribution in [2.45, 2.75) is 37.2 Å². The highest BCUT2D eigenvalue weighted by atomic mass is 16.6. The predicted molar refractivity (Wildman–Crippen MR) is 131 cm³/mol. The van der Waals surface area contributed by atoms with Gasteiger partial charge in [0.25, 0.3) is 5.69 Å². The van der Waals surface area contributed by atoms with E-state index in [1.807, 2.05) is 24.3 Å². The third-order valence-corrected chi connectivity index (χ3v) is 6.53. The number of aliphatic hydroxyl groups is 4. The fourth-order valence-corrected chi connectivity index (χ4v) is 4.45. The van der Waals surface area contributed by atoms with Crippen molar-refractivity contribution < 1.29 is 29.8 Å². The van der Waals surface area contributed by atoms with Gasteiger partial charge in [0.1, 0.15) is 24.2 Å². The van der Waals surface area contributed by atoms with E-state index in [0.29, 0.717) is 43.1 Å². The number of rotatable bonds is 10. The van der Waals surface area contributed by atoms with Crippen LogP contribution in [0, 0.1) is 10.1 Å². The maximum atomic E-state index is 11.5. The zero-order chi connectivity index (χ0) is 25.7. The summed E-state index contributed by atoms with van der Waals surface area (Å²) in [6, 6.07) is 12.1. The van der Waals surface area contributed by atoms with E-state index >= 15 is 0 Å². The lowest BCUT2D eigenvalue weighted by Gasteiger charge is -2.43. The summed E-state index contributed by atoms with van der Waals surface area (Å²) in [6.07, 6.45) is 0.672. The molecule has 4 atom stereocenters. The van der Waals surface area contributed by atoms with Crippen molar-refractivity contribution in [3.63, 3.8) is 0 Å². The van der Waals surface area contributed by atoms with Crippen LogP contribution in [0.5, 0.6) is 0 Å². The summed E-state index contributed by atoms with van der Waals surface area (Å²) in [4.78, 5) is 16.9. The molecule has 5 N–H and O–H groups in total. The number of benzene rings is 2. The summed E-state index contributed by atoms with van der Waals surface area (Å²) in [7, 11) is 0. The third kappa shape index (κ3) is 5.89. The minimum absolute atomic E-state index is 0.0531. The highest BCUT2D eigenvalue weighted by molar-refractivity contribution is 5.69. The van der Waals surface area contributed by atoms with Crippen LogP contribution in [0.4, 0.5) is 11.4 Å². The molecule has 1 aliphatic heterocycles. The molecule has 0 bridgehead atoms. The maximum Gasteiger partial charge on any atom is 0.293 e. The van der Waals surface area contributed by atoms with Crippen molar-refractivity contribution in [1.82, 2.24) is 9.88 Å². The summed E-state index contributed by atoms with van der Waals surface area (Å²) >= 11 is 0. The van der Waals surface area contributed by atoms with Crippen LogP contribution in [-0.2, 0) is 12.8 Å². The third-order valence-electron chi connectivity index (χ3n) is 6.53. The monoisotopic (exact) mass is 498 g/mol. The number of likely N-dealkylation sites (tertiary alicyclic amines) is 1. The Morgan fingerprint density at radius 2 is 1.81 bits per heavy atom. The van der Waals surface area contributed by atoms with E-state index in [4.69, 9.17) is 4.42 Å². The van der Waals surface area contributed by atoms with E-state index in [1.165, 1.54) is 18.5 Å². The first-order valence-electron chi connectivity index (χ1n) is 11.8. The van der Waals surface area contributed by atoms with Crippen LogP contribution in [-0.4, -0.2) is 85.8 Å². The van der Waals surface area contributed by atoms with Crippen molar-refractivity contribution in [3.05, 3.63) is 76.2 Å². The van der Waals surface area contributed by atoms with E-state index in [1.54, 1.807) is 17.0 Å². The Hall–Kier alpha value is -3.35. The second kappa shape index (κ2) is 11.6. The SMILES string of the molecule is O=[N+]([O-])c1cc(-c2ncco2)ccc1NCCc1ccc(CCN2C[C@H](O)[C@@H](O)[C@H](O)[C@H]2CO)cc1. The minimum atomic E-state index is -1.27. The molecule has 192 valence electrons. The smallest absolute Gasteiger partial charge is 0.293 e. The molecular formula is C25H30N4O7. The molecule has 1 aliphatic rings. The van der Waals surface area contributed by atoms with Gasteiger partial charge in [0.05, 0.1) is 29.9 Å². The van der Waals surface area contributed by atoms with E-state index in [0.717, 1.165) is 11.1 Å². The van der Waals surface area contributed by atoms with Crippen LogP contribution in [0.3, 0.4) is 0 Å². The zero-order valence-electron chi connectivity index (χ0n) is 19.6. The lowest BCUT2D eigenvalue weighted by Crippen LogP contribution is -2.62. The van der Waals surface area contributed by atoms with Crippen molar-refractivity contribution in [2.24, 2.45) is 0 Å². The Balaban J connectivity index is 1.30. The summed E-state index contributed by atoms with van der Waals surface area (Å²) in [5, 5.41) is 54.2. The van der Waals surface area contributed by atoms with Gasteiger partial charge in [0.15, 0.2) is 0 Å². The van der Waals surface area contributed by atoms with Crippen molar-refractivity contribution in [2.75, 3.05) is 31.6 Å². The summed E-state index contributed by atoms with van der Waals surface area (Å²) in [5.74, 6) is 0.321. The van der Waals surface area contributed by atoms with E-state index in [9.17, 15) is 30.5 Å². The summed E-state index contributed by atoms with van der Waals surface area (Å²) < 4.78 is 5.22. The molecule has 0 saturated carbocycles. The van der Waals surface area contributed by atoms with Gasteiger partial charge in [0, 0.05) is 31.3 Å². The van der Waals surface area contributed by atoms with Crippen molar-refractivity contribution in [1.29, 1.82) is 0 Å². The number of aromatic nitrogens is 1. The Labute approximate surface area is 207 Å². The predicted octanol–water partition coefficient (Wildman–Crippen LogP) is 1.21. The number of hydrogen-bond donors (Lipinski definition) is 5. The minimum Gasteiger partial charge on any atom is -0.445 e. The number of nitro benzene ring substituents is 1. The molecule has 0 unspecified atom stereocenters. The molecule has 36 heavy (non-hydrogen) atoms. The zero-order valence-corrected chi connectivity index (χ0v) is 19.6. The average molecular weight is 499 g/mol. The number of hydrogen-bond acceptors (Lipinski definition) is 10. The molecule has 3 aromatic rings. The first-order chi connectivity index (χ1) is 17.4. The Bertz CT molecular complexity index is 1140. The van der Waals surface area contributed by atoms with Crippen LogP contribution in [0.25, 0.3) is 11.5 Å². The first kappa shape index (κ1) is 25.7. The molecule has 0 spiro atoms. The van der Waals surface area contributed by atoms with E-state index < -0.39 is 29.3 Å². The van der Waals surface area contributed by atoms with Crippen LogP contribution >= 0.6 is 0 Å². The van der Waals surface area contributed by atoms with Gasteiger partial charge in [-0.3, -0.25) is 15.0 Å². The number of nitrogens with zero attached hydrogens (tertiary/aromatic N) is 3. The van der Waals surface area contributed by atoms with Gasteiger partial charge in [-0.25, -0.2) is 4.98 Å².